The average Bonchev–Trinajstić information content (AvgIpc) is 2.90. The van der Waals surface area contributed by atoms with E-state index in [0.717, 1.165) is 0 Å². The first-order chi connectivity index (χ1) is 10.1. The molecule has 3 aromatic rings. The highest BCUT2D eigenvalue weighted by Crippen LogP contribution is 2.28. The van der Waals surface area contributed by atoms with Crippen LogP contribution >= 0.6 is 0 Å². The molecule has 0 amide bonds. The maximum atomic E-state index is 10.9. The Balaban J connectivity index is 2.14. The van der Waals surface area contributed by atoms with E-state index in [0.29, 0.717) is 28.0 Å². The number of aromatic nitrogens is 2. The first kappa shape index (κ1) is 12.6. The van der Waals surface area contributed by atoms with Crippen molar-refractivity contribution >= 4 is 22.4 Å². The lowest BCUT2D eigenvalue weighted by Crippen LogP contribution is -1.96. The number of imidazole rings is 1. The lowest BCUT2D eigenvalue weighted by molar-refractivity contribution is -0.383. The number of nitrogens with zero attached hydrogens (tertiary/aromatic N) is 3. The minimum atomic E-state index is -0.532. The number of benzene rings is 2. The molecule has 0 fully saturated rings. The molecule has 7 heteroatoms. The summed E-state index contributed by atoms with van der Waals surface area (Å²) in [5.74, 6) is 0.489. The smallest absolute Gasteiger partial charge is 0.292 e. The van der Waals surface area contributed by atoms with Crippen molar-refractivity contribution in [3.05, 3.63) is 52.1 Å². The topological polar surface area (TPSA) is 122 Å². The van der Waals surface area contributed by atoms with E-state index in [1.54, 1.807) is 24.3 Å². The number of nitriles is 1. The van der Waals surface area contributed by atoms with Crippen LogP contribution in [0, 0.1) is 21.4 Å². The van der Waals surface area contributed by atoms with Crippen LogP contribution in [0.5, 0.6) is 0 Å². The highest BCUT2D eigenvalue weighted by molar-refractivity contribution is 5.81. The van der Waals surface area contributed by atoms with Gasteiger partial charge in [0.1, 0.15) is 11.5 Å². The van der Waals surface area contributed by atoms with Gasteiger partial charge in [-0.05, 0) is 30.3 Å². The van der Waals surface area contributed by atoms with Crippen LogP contribution in [0.3, 0.4) is 0 Å². The molecule has 1 aromatic heterocycles. The summed E-state index contributed by atoms with van der Waals surface area (Å²) in [6.45, 7) is 0. The van der Waals surface area contributed by atoms with E-state index in [1.807, 2.05) is 6.07 Å². The quantitative estimate of drug-likeness (QED) is 0.424. The van der Waals surface area contributed by atoms with Crippen molar-refractivity contribution in [2.24, 2.45) is 0 Å². The molecule has 0 aliphatic rings. The third-order valence-electron chi connectivity index (χ3n) is 3.11. The number of nitro groups is 1. The molecule has 0 aliphatic heterocycles. The molecular formula is C14H9N5O2. The molecular weight excluding hydrogens is 270 g/mol. The molecule has 21 heavy (non-hydrogen) atoms. The number of anilines is 1. The lowest BCUT2D eigenvalue weighted by atomic mass is 10.1. The summed E-state index contributed by atoms with van der Waals surface area (Å²) in [6.07, 6.45) is 0. The summed E-state index contributed by atoms with van der Waals surface area (Å²) >= 11 is 0. The number of nitrogens with two attached hydrogens (primary N) is 1. The van der Waals surface area contributed by atoms with E-state index in [2.05, 4.69) is 9.97 Å². The molecule has 2 aromatic carbocycles. The van der Waals surface area contributed by atoms with Crippen molar-refractivity contribution in [3.63, 3.8) is 0 Å². The third-order valence-corrected chi connectivity index (χ3v) is 3.11. The van der Waals surface area contributed by atoms with Crippen LogP contribution in [0.25, 0.3) is 22.4 Å². The van der Waals surface area contributed by atoms with Gasteiger partial charge in [-0.2, -0.15) is 5.26 Å². The van der Waals surface area contributed by atoms with Crippen molar-refractivity contribution in [1.29, 1.82) is 5.26 Å². The van der Waals surface area contributed by atoms with Gasteiger partial charge in [-0.3, -0.25) is 10.1 Å². The standard InChI is InChI=1S/C14H9N5O2/c15-7-8-1-4-11-12(5-8)18-14(17-11)9-2-3-10(16)13(6-9)19(20)21/h1-6H,16H2,(H,17,18). The lowest BCUT2D eigenvalue weighted by Gasteiger charge is -1.99. The molecule has 0 unspecified atom stereocenters. The number of nitro benzene ring substituents is 1. The van der Waals surface area contributed by atoms with E-state index < -0.39 is 4.92 Å². The number of fused-ring (bicyclic) bond motifs is 1. The minimum Gasteiger partial charge on any atom is -0.393 e. The summed E-state index contributed by atoms with van der Waals surface area (Å²) in [5, 5.41) is 19.8. The minimum absolute atomic E-state index is 0.103. The van der Waals surface area contributed by atoms with Crippen LogP contribution in [0.2, 0.25) is 0 Å². The maximum absolute atomic E-state index is 10.9. The van der Waals surface area contributed by atoms with Gasteiger partial charge in [-0.1, -0.05) is 0 Å². The Bertz CT molecular complexity index is 907. The Morgan fingerprint density at radius 3 is 2.81 bits per heavy atom. The Hall–Kier alpha value is -3.40. The SMILES string of the molecule is N#Cc1ccc2nc(-c3ccc(N)c([N+](=O)[O-])c3)[nH]c2c1. The predicted octanol–water partition coefficient (Wildman–Crippen LogP) is 2.59. The number of nitrogen functional groups attached to an aromatic ring is 1. The van der Waals surface area contributed by atoms with E-state index >= 15 is 0 Å². The molecule has 3 N–H and O–H groups in total. The van der Waals surface area contributed by atoms with E-state index in [4.69, 9.17) is 11.0 Å². The second kappa shape index (κ2) is 4.61. The summed E-state index contributed by atoms with van der Waals surface area (Å²) in [4.78, 5) is 17.8. The van der Waals surface area contributed by atoms with Crippen LogP contribution in [-0.4, -0.2) is 14.9 Å². The van der Waals surface area contributed by atoms with Crippen molar-refractivity contribution in [3.8, 4) is 17.5 Å². The number of rotatable bonds is 2. The van der Waals surface area contributed by atoms with Crippen LogP contribution in [0.15, 0.2) is 36.4 Å². The van der Waals surface area contributed by atoms with Gasteiger partial charge in [0.25, 0.3) is 5.69 Å². The summed E-state index contributed by atoms with van der Waals surface area (Å²) in [6, 6.07) is 11.6. The molecule has 1 heterocycles. The zero-order valence-corrected chi connectivity index (χ0v) is 10.7. The monoisotopic (exact) mass is 279 g/mol. The van der Waals surface area contributed by atoms with Gasteiger partial charge in [-0.15, -0.1) is 0 Å². The van der Waals surface area contributed by atoms with E-state index in [9.17, 15) is 10.1 Å². The fraction of sp³-hybridized carbons (Fsp3) is 0. The van der Waals surface area contributed by atoms with Crippen molar-refractivity contribution in [2.45, 2.75) is 0 Å². The summed E-state index contributed by atoms with van der Waals surface area (Å²) in [7, 11) is 0. The number of aromatic amines is 1. The summed E-state index contributed by atoms with van der Waals surface area (Å²) < 4.78 is 0. The van der Waals surface area contributed by atoms with Crippen LogP contribution in [0.1, 0.15) is 5.56 Å². The Labute approximate surface area is 118 Å². The van der Waals surface area contributed by atoms with Gasteiger partial charge >= 0.3 is 0 Å². The summed E-state index contributed by atoms with van der Waals surface area (Å²) in [5.41, 5.74) is 7.97. The Morgan fingerprint density at radius 1 is 1.29 bits per heavy atom. The van der Waals surface area contributed by atoms with Gasteiger partial charge < -0.3 is 10.7 Å². The zero-order chi connectivity index (χ0) is 15.0. The number of nitrogens with one attached hydrogen (secondary N) is 1. The van der Waals surface area contributed by atoms with Crippen LogP contribution < -0.4 is 5.73 Å². The molecule has 7 nitrogen and oxygen atoms in total. The second-order valence-corrected chi connectivity index (χ2v) is 4.46. The van der Waals surface area contributed by atoms with Gasteiger partial charge in [0, 0.05) is 11.6 Å². The molecule has 102 valence electrons. The number of hydrogen-bond donors (Lipinski definition) is 2. The maximum Gasteiger partial charge on any atom is 0.292 e. The number of H-pyrrole nitrogens is 1. The van der Waals surface area contributed by atoms with Crippen molar-refractivity contribution < 1.29 is 4.92 Å². The van der Waals surface area contributed by atoms with Crippen LogP contribution in [0.4, 0.5) is 11.4 Å². The van der Waals surface area contributed by atoms with Gasteiger partial charge in [0.2, 0.25) is 0 Å². The van der Waals surface area contributed by atoms with Gasteiger partial charge in [0.15, 0.2) is 0 Å². The predicted molar refractivity (Wildman–Crippen MR) is 77.3 cm³/mol. The zero-order valence-electron chi connectivity index (χ0n) is 10.7. The van der Waals surface area contributed by atoms with E-state index in [1.165, 1.54) is 12.1 Å². The van der Waals surface area contributed by atoms with E-state index in [-0.39, 0.29) is 11.4 Å². The molecule has 3 rings (SSSR count). The largest absolute Gasteiger partial charge is 0.393 e. The first-order valence-corrected chi connectivity index (χ1v) is 6.02. The normalized spacial score (nSPS) is 10.4. The highest BCUT2D eigenvalue weighted by Gasteiger charge is 2.14. The molecule has 0 saturated carbocycles. The molecule has 0 radical (unpaired) electrons. The molecule has 0 atom stereocenters. The molecule has 0 saturated heterocycles. The third kappa shape index (κ3) is 2.15. The second-order valence-electron chi connectivity index (χ2n) is 4.46. The molecule has 0 bridgehead atoms. The Morgan fingerprint density at radius 2 is 2.10 bits per heavy atom. The fourth-order valence-corrected chi connectivity index (χ4v) is 2.06. The molecule has 0 aliphatic carbocycles. The van der Waals surface area contributed by atoms with Crippen molar-refractivity contribution in [2.75, 3.05) is 5.73 Å². The van der Waals surface area contributed by atoms with Gasteiger partial charge in [-0.25, -0.2) is 4.98 Å². The highest BCUT2D eigenvalue weighted by atomic mass is 16.6. The van der Waals surface area contributed by atoms with Crippen molar-refractivity contribution in [1.82, 2.24) is 9.97 Å². The number of hydrogen-bond acceptors (Lipinski definition) is 5. The van der Waals surface area contributed by atoms with Crippen LogP contribution in [-0.2, 0) is 0 Å². The fourth-order valence-electron chi connectivity index (χ4n) is 2.06. The molecule has 0 spiro atoms. The Kier molecular flexibility index (Phi) is 2.77. The van der Waals surface area contributed by atoms with Gasteiger partial charge in [0.05, 0.1) is 27.6 Å². The average molecular weight is 279 g/mol. The first-order valence-electron chi connectivity index (χ1n) is 6.02.